The van der Waals surface area contributed by atoms with Crippen LogP contribution >= 0.6 is 11.6 Å². The van der Waals surface area contributed by atoms with Crippen molar-refractivity contribution in [1.82, 2.24) is 19.7 Å². The first-order chi connectivity index (χ1) is 12.1. The van der Waals surface area contributed by atoms with Crippen molar-refractivity contribution in [1.29, 1.82) is 0 Å². The first-order valence-corrected chi connectivity index (χ1v) is 8.79. The number of carbonyl (C=O) groups excluding carboxylic acids is 1. The summed E-state index contributed by atoms with van der Waals surface area (Å²) in [4.78, 5) is 22.4. The summed E-state index contributed by atoms with van der Waals surface area (Å²) in [6.45, 7) is 3.09. The number of carbonyl (C=O) groups is 1. The largest absolute Gasteiger partial charge is 0.331 e. The van der Waals surface area contributed by atoms with Gasteiger partial charge in [-0.1, -0.05) is 29.8 Å². The molecule has 132 valence electrons. The van der Waals surface area contributed by atoms with Crippen molar-refractivity contribution in [3.63, 3.8) is 0 Å². The molecule has 2 aromatic rings. The third-order valence-electron chi connectivity index (χ3n) is 4.52. The van der Waals surface area contributed by atoms with Gasteiger partial charge in [0, 0.05) is 57.7 Å². The quantitative estimate of drug-likeness (QED) is 0.846. The summed E-state index contributed by atoms with van der Waals surface area (Å²) in [7, 11) is 3.59. The molecular weight excluding hydrogens is 336 g/mol. The fourth-order valence-corrected chi connectivity index (χ4v) is 3.38. The highest BCUT2D eigenvalue weighted by Crippen LogP contribution is 2.30. The van der Waals surface area contributed by atoms with E-state index < -0.39 is 0 Å². The van der Waals surface area contributed by atoms with E-state index in [0.717, 1.165) is 36.8 Å². The molecule has 1 aliphatic rings. The van der Waals surface area contributed by atoms with Gasteiger partial charge in [0.2, 0.25) is 0 Å². The van der Waals surface area contributed by atoms with Gasteiger partial charge in [0.05, 0.1) is 6.04 Å². The number of amides is 2. The normalized spacial score (nSPS) is 16.5. The predicted octanol–water partition coefficient (Wildman–Crippen LogP) is 3.12. The number of piperazine rings is 1. The number of benzene rings is 1. The molecule has 5 nitrogen and oxygen atoms in total. The summed E-state index contributed by atoms with van der Waals surface area (Å²) in [5, 5.41) is 0.732. The van der Waals surface area contributed by atoms with Crippen molar-refractivity contribution < 1.29 is 4.79 Å². The summed E-state index contributed by atoms with van der Waals surface area (Å²) < 4.78 is 0. The molecule has 1 fully saturated rings. The van der Waals surface area contributed by atoms with Crippen molar-refractivity contribution in [3.8, 4) is 0 Å². The van der Waals surface area contributed by atoms with Gasteiger partial charge in [-0.25, -0.2) is 4.79 Å². The molecular formula is C19H23ClN4O. The Morgan fingerprint density at radius 2 is 1.76 bits per heavy atom. The number of urea groups is 1. The minimum absolute atomic E-state index is 0.0732. The third-order valence-corrected chi connectivity index (χ3v) is 4.77. The maximum absolute atomic E-state index is 12.2. The summed E-state index contributed by atoms with van der Waals surface area (Å²) in [5.41, 5.74) is 2.34. The van der Waals surface area contributed by atoms with Crippen LogP contribution in [0.5, 0.6) is 0 Å². The van der Waals surface area contributed by atoms with E-state index in [0.29, 0.717) is 0 Å². The molecule has 1 aromatic carbocycles. The molecule has 0 bridgehead atoms. The fourth-order valence-electron chi connectivity index (χ4n) is 3.25. The van der Waals surface area contributed by atoms with Crippen LogP contribution in [0.25, 0.3) is 0 Å². The minimum atomic E-state index is 0.0732. The van der Waals surface area contributed by atoms with Crippen LogP contribution in [-0.2, 0) is 0 Å². The number of hydrogen-bond acceptors (Lipinski definition) is 3. The van der Waals surface area contributed by atoms with Crippen molar-refractivity contribution in [2.24, 2.45) is 0 Å². The molecule has 1 atom stereocenters. The van der Waals surface area contributed by atoms with Crippen LogP contribution in [0.2, 0.25) is 5.02 Å². The molecule has 1 aliphatic heterocycles. The number of pyridine rings is 1. The molecule has 2 amide bonds. The first-order valence-electron chi connectivity index (χ1n) is 8.42. The highest BCUT2D eigenvalue weighted by atomic mass is 35.5. The second kappa shape index (κ2) is 7.85. The molecule has 1 unspecified atom stereocenters. The van der Waals surface area contributed by atoms with Crippen LogP contribution in [-0.4, -0.2) is 66.0 Å². The lowest BCUT2D eigenvalue weighted by Gasteiger charge is -2.40. The molecule has 3 rings (SSSR count). The summed E-state index contributed by atoms with van der Waals surface area (Å²) in [6.07, 6.45) is 3.70. The second-order valence-electron chi connectivity index (χ2n) is 6.44. The van der Waals surface area contributed by atoms with Gasteiger partial charge in [-0.15, -0.1) is 0 Å². The van der Waals surface area contributed by atoms with Gasteiger partial charge in [0.1, 0.15) is 0 Å². The fraction of sp³-hybridized carbons (Fsp3) is 0.368. The van der Waals surface area contributed by atoms with Crippen LogP contribution in [0.3, 0.4) is 0 Å². The maximum Gasteiger partial charge on any atom is 0.319 e. The Balaban J connectivity index is 1.82. The van der Waals surface area contributed by atoms with Crippen LogP contribution in [0, 0.1) is 0 Å². The van der Waals surface area contributed by atoms with Gasteiger partial charge >= 0.3 is 6.03 Å². The van der Waals surface area contributed by atoms with Crippen LogP contribution in [0.15, 0.2) is 48.8 Å². The van der Waals surface area contributed by atoms with E-state index in [1.165, 1.54) is 5.56 Å². The Morgan fingerprint density at radius 1 is 1.08 bits per heavy atom. The zero-order chi connectivity index (χ0) is 17.8. The topological polar surface area (TPSA) is 39.7 Å². The number of nitrogens with zero attached hydrogens (tertiary/aromatic N) is 4. The van der Waals surface area contributed by atoms with Gasteiger partial charge in [-0.3, -0.25) is 9.88 Å². The molecule has 2 heterocycles. The molecule has 6 heteroatoms. The van der Waals surface area contributed by atoms with Gasteiger partial charge < -0.3 is 9.80 Å². The van der Waals surface area contributed by atoms with Gasteiger partial charge in [-0.05, 0) is 29.3 Å². The molecule has 0 saturated carbocycles. The standard InChI is InChI=1S/C19H23ClN4O/c1-22(2)19(25)24-12-10-23(11-13-24)18(16-4-3-9-21-14-16)15-5-7-17(20)8-6-15/h3-9,14,18H,10-13H2,1-2H3. The van der Waals surface area contributed by atoms with E-state index in [4.69, 9.17) is 11.6 Å². The summed E-state index contributed by atoms with van der Waals surface area (Å²) in [5.74, 6) is 0. The summed E-state index contributed by atoms with van der Waals surface area (Å²) >= 11 is 6.06. The Morgan fingerprint density at radius 3 is 2.32 bits per heavy atom. The predicted molar refractivity (Wildman–Crippen MR) is 99.8 cm³/mol. The average Bonchev–Trinajstić information content (AvgIpc) is 2.64. The number of hydrogen-bond donors (Lipinski definition) is 0. The molecule has 25 heavy (non-hydrogen) atoms. The SMILES string of the molecule is CN(C)C(=O)N1CCN(C(c2ccc(Cl)cc2)c2cccnc2)CC1. The molecule has 1 saturated heterocycles. The zero-order valence-corrected chi connectivity index (χ0v) is 15.4. The highest BCUT2D eigenvalue weighted by Gasteiger charge is 2.28. The van der Waals surface area contributed by atoms with E-state index >= 15 is 0 Å². The smallest absolute Gasteiger partial charge is 0.319 e. The molecule has 1 aromatic heterocycles. The molecule has 0 N–H and O–H groups in total. The molecule has 0 aliphatic carbocycles. The van der Waals surface area contributed by atoms with Gasteiger partial charge in [0.15, 0.2) is 0 Å². The lowest BCUT2D eigenvalue weighted by molar-refractivity contribution is 0.108. The number of aromatic nitrogens is 1. The van der Waals surface area contributed by atoms with E-state index in [9.17, 15) is 4.79 Å². The zero-order valence-electron chi connectivity index (χ0n) is 14.6. The van der Waals surface area contributed by atoms with E-state index in [1.54, 1.807) is 25.2 Å². The lowest BCUT2D eigenvalue weighted by atomic mass is 9.97. The number of halogens is 1. The highest BCUT2D eigenvalue weighted by molar-refractivity contribution is 6.30. The van der Waals surface area contributed by atoms with Gasteiger partial charge in [0.25, 0.3) is 0 Å². The minimum Gasteiger partial charge on any atom is -0.331 e. The number of rotatable bonds is 3. The van der Waals surface area contributed by atoms with Crippen LogP contribution in [0.4, 0.5) is 4.79 Å². The summed E-state index contributed by atoms with van der Waals surface area (Å²) in [6, 6.07) is 12.2. The molecule has 0 spiro atoms. The Labute approximate surface area is 153 Å². The van der Waals surface area contributed by atoms with E-state index in [2.05, 4.69) is 28.1 Å². The second-order valence-corrected chi connectivity index (χ2v) is 6.88. The lowest BCUT2D eigenvalue weighted by Crippen LogP contribution is -2.52. The van der Waals surface area contributed by atoms with Gasteiger partial charge in [-0.2, -0.15) is 0 Å². The van der Waals surface area contributed by atoms with Crippen molar-refractivity contribution >= 4 is 17.6 Å². The Hall–Kier alpha value is -2.11. The van der Waals surface area contributed by atoms with Crippen molar-refractivity contribution in [3.05, 3.63) is 64.9 Å². The maximum atomic E-state index is 12.2. The van der Waals surface area contributed by atoms with Crippen LogP contribution in [0.1, 0.15) is 17.2 Å². The Kier molecular flexibility index (Phi) is 5.56. The van der Waals surface area contributed by atoms with E-state index in [-0.39, 0.29) is 12.1 Å². The Bertz CT molecular complexity index is 697. The van der Waals surface area contributed by atoms with Crippen molar-refractivity contribution in [2.75, 3.05) is 40.3 Å². The molecule has 0 radical (unpaired) electrons. The van der Waals surface area contributed by atoms with Crippen LogP contribution < -0.4 is 0 Å². The van der Waals surface area contributed by atoms with Crippen molar-refractivity contribution in [2.45, 2.75) is 6.04 Å². The third kappa shape index (κ3) is 4.11. The first kappa shape index (κ1) is 17.7. The average molecular weight is 359 g/mol. The monoisotopic (exact) mass is 358 g/mol. The van der Waals surface area contributed by atoms with E-state index in [1.807, 2.05) is 29.3 Å².